The number of hydrogen-bond donors (Lipinski definition) is 0. The highest BCUT2D eigenvalue weighted by molar-refractivity contribution is 5.84. The van der Waals surface area contributed by atoms with Crippen molar-refractivity contribution in [1.29, 1.82) is 0 Å². The highest BCUT2D eigenvalue weighted by Gasteiger charge is 2.15. The van der Waals surface area contributed by atoms with Gasteiger partial charge in [-0.2, -0.15) is 0 Å². The highest BCUT2D eigenvalue weighted by atomic mass is 14.9. The predicted molar refractivity (Wildman–Crippen MR) is 244 cm³/mol. The van der Waals surface area contributed by atoms with E-state index in [-0.39, 0.29) is 0 Å². The third-order valence-electron chi connectivity index (χ3n) is 10.5. The van der Waals surface area contributed by atoms with Gasteiger partial charge >= 0.3 is 0 Å². The molecule has 0 saturated heterocycles. The van der Waals surface area contributed by atoms with Crippen molar-refractivity contribution < 1.29 is 0 Å². The fourth-order valence-corrected chi connectivity index (χ4v) is 7.49. The molecule has 0 aliphatic rings. The number of rotatable bonds is 9. The second-order valence-electron chi connectivity index (χ2n) is 14.6. The third kappa shape index (κ3) is 7.76. The van der Waals surface area contributed by atoms with Crippen LogP contribution in [-0.2, 0) is 0 Å². The van der Waals surface area contributed by atoms with Gasteiger partial charge in [0.2, 0.25) is 0 Å². The monoisotopic (exact) mass is 767 g/mol. The fourth-order valence-electron chi connectivity index (χ4n) is 7.49. The van der Waals surface area contributed by atoms with Gasteiger partial charge in [-0.25, -0.2) is 19.9 Å². The first-order valence-corrected chi connectivity index (χ1v) is 20.0. The normalized spacial score (nSPS) is 11.0. The molecule has 10 rings (SSSR count). The number of benzene rings is 7. The van der Waals surface area contributed by atoms with Gasteiger partial charge in [-0.3, -0.25) is 4.98 Å². The first kappa shape index (κ1) is 36.2. The summed E-state index contributed by atoms with van der Waals surface area (Å²) in [6, 6.07) is 75.0. The molecular weight excluding hydrogens is 731 g/mol. The Morgan fingerprint density at radius 2 is 0.533 bits per heavy atom. The van der Waals surface area contributed by atoms with E-state index in [9.17, 15) is 0 Å². The van der Waals surface area contributed by atoms with E-state index < -0.39 is 0 Å². The molecule has 0 N–H and O–H groups in total. The van der Waals surface area contributed by atoms with E-state index in [1.165, 1.54) is 0 Å². The molecule has 0 aliphatic heterocycles. The molecular formula is C55H37N5. The van der Waals surface area contributed by atoms with Crippen LogP contribution in [0.2, 0.25) is 0 Å². The van der Waals surface area contributed by atoms with Crippen molar-refractivity contribution in [3.05, 3.63) is 225 Å². The third-order valence-corrected chi connectivity index (χ3v) is 10.5. The molecule has 282 valence electrons. The standard InChI is InChI=1S/C55H37N5/c1-5-17-38(18-6-1)50-36-52(59-54(57-50)40-21-9-3-10-22-40)44-27-15-25-42(31-44)46-33-47(35-48(34-46)49-29-13-14-30-56-49)43-26-16-28-45(32-43)53-37-51(39-19-7-2-8-20-39)58-55(60-53)41-23-11-4-12-24-41/h1-37H. The molecule has 5 heteroatoms. The molecule has 0 saturated carbocycles. The van der Waals surface area contributed by atoms with Crippen LogP contribution in [-0.4, -0.2) is 24.9 Å². The minimum absolute atomic E-state index is 0.687. The number of hydrogen-bond acceptors (Lipinski definition) is 5. The summed E-state index contributed by atoms with van der Waals surface area (Å²) in [5.41, 5.74) is 15.7. The van der Waals surface area contributed by atoms with Crippen LogP contribution in [0.3, 0.4) is 0 Å². The molecule has 3 heterocycles. The topological polar surface area (TPSA) is 64.5 Å². The molecule has 0 amide bonds. The zero-order chi connectivity index (χ0) is 40.1. The predicted octanol–water partition coefficient (Wildman–Crippen LogP) is 13.7. The summed E-state index contributed by atoms with van der Waals surface area (Å²) in [6.45, 7) is 0. The van der Waals surface area contributed by atoms with E-state index in [0.717, 1.165) is 89.7 Å². The summed E-state index contributed by atoms with van der Waals surface area (Å²) in [5.74, 6) is 1.37. The number of pyridine rings is 1. The van der Waals surface area contributed by atoms with E-state index in [1.807, 2.05) is 91.1 Å². The minimum Gasteiger partial charge on any atom is -0.256 e. The molecule has 60 heavy (non-hydrogen) atoms. The second-order valence-corrected chi connectivity index (χ2v) is 14.6. The average Bonchev–Trinajstić information content (AvgIpc) is 3.35. The molecule has 0 unspecified atom stereocenters. The summed E-state index contributed by atoms with van der Waals surface area (Å²) in [6.07, 6.45) is 1.84. The van der Waals surface area contributed by atoms with Crippen molar-refractivity contribution >= 4 is 0 Å². The number of aromatic nitrogens is 5. The smallest absolute Gasteiger partial charge is 0.160 e. The van der Waals surface area contributed by atoms with Gasteiger partial charge in [0.25, 0.3) is 0 Å². The van der Waals surface area contributed by atoms with Crippen LogP contribution in [0.5, 0.6) is 0 Å². The summed E-state index contributed by atoms with van der Waals surface area (Å²) in [4.78, 5) is 25.0. The lowest BCUT2D eigenvalue weighted by molar-refractivity contribution is 1.18. The van der Waals surface area contributed by atoms with Crippen molar-refractivity contribution in [3.8, 4) is 101 Å². The van der Waals surface area contributed by atoms with Gasteiger partial charge in [0.15, 0.2) is 11.6 Å². The van der Waals surface area contributed by atoms with Crippen LogP contribution in [0.1, 0.15) is 0 Å². The number of nitrogens with zero attached hydrogens (tertiary/aromatic N) is 5. The zero-order valence-electron chi connectivity index (χ0n) is 32.6. The summed E-state index contributed by atoms with van der Waals surface area (Å²) >= 11 is 0. The Balaban J connectivity index is 1.09. The van der Waals surface area contributed by atoms with Gasteiger partial charge in [-0.1, -0.05) is 164 Å². The lowest BCUT2D eigenvalue weighted by Gasteiger charge is -2.14. The van der Waals surface area contributed by atoms with Crippen molar-refractivity contribution in [2.75, 3.05) is 0 Å². The van der Waals surface area contributed by atoms with Crippen LogP contribution in [0.4, 0.5) is 0 Å². The maximum absolute atomic E-state index is 5.12. The van der Waals surface area contributed by atoms with Gasteiger partial charge in [0.1, 0.15) is 0 Å². The first-order valence-electron chi connectivity index (χ1n) is 20.0. The Bertz CT molecular complexity index is 2760. The first-order chi connectivity index (χ1) is 29.7. The maximum Gasteiger partial charge on any atom is 0.160 e. The van der Waals surface area contributed by atoms with Crippen LogP contribution in [0.15, 0.2) is 225 Å². The molecule has 3 aromatic heterocycles. The quantitative estimate of drug-likeness (QED) is 0.146. The van der Waals surface area contributed by atoms with Gasteiger partial charge in [0.05, 0.1) is 28.5 Å². The lowest BCUT2D eigenvalue weighted by atomic mass is 9.93. The highest BCUT2D eigenvalue weighted by Crippen LogP contribution is 2.37. The van der Waals surface area contributed by atoms with Crippen molar-refractivity contribution in [3.63, 3.8) is 0 Å². The minimum atomic E-state index is 0.687. The van der Waals surface area contributed by atoms with Gasteiger partial charge in [-0.05, 0) is 76.9 Å². The average molecular weight is 768 g/mol. The fraction of sp³-hybridized carbons (Fsp3) is 0. The Morgan fingerprint density at radius 3 is 0.950 bits per heavy atom. The zero-order valence-corrected chi connectivity index (χ0v) is 32.6. The molecule has 0 bridgehead atoms. The molecule has 5 nitrogen and oxygen atoms in total. The molecule has 10 aromatic rings. The Morgan fingerprint density at radius 1 is 0.200 bits per heavy atom. The second kappa shape index (κ2) is 16.4. The van der Waals surface area contributed by atoms with Crippen LogP contribution in [0, 0.1) is 0 Å². The van der Waals surface area contributed by atoms with E-state index in [0.29, 0.717) is 11.6 Å². The summed E-state index contributed by atoms with van der Waals surface area (Å²) in [7, 11) is 0. The molecule has 7 aromatic carbocycles. The maximum atomic E-state index is 5.12. The Kier molecular flexibility index (Phi) is 9.88. The van der Waals surface area contributed by atoms with E-state index in [4.69, 9.17) is 24.9 Å². The van der Waals surface area contributed by atoms with Gasteiger partial charge in [0, 0.05) is 45.1 Å². The largest absolute Gasteiger partial charge is 0.256 e. The van der Waals surface area contributed by atoms with Gasteiger partial charge < -0.3 is 0 Å². The Labute approximate surface area is 349 Å². The van der Waals surface area contributed by atoms with Crippen LogP contribution < -0.4 is 0 Å². The molecule has 0 spiro atoms. The van der Waals surface area contributed by atoms with Crippen LogP contribution in [0.25, 0.3) is 101 Å². The molecule has 0 atom stereocenters. The Hall–Kier alpha value is -8.15. The summed E-state index contributed by atoms with van der Waals surface area (Å²) < 4.78 is 0. The van der Waals surface area contributed by atoms with E-state index in [2.05, 4.69) is 133 Å². The van der Waals surface area contributed by atoms with E-state index in [1.54, 1.807) is 0 Å². The van der Waals surface area contributed by atoms with Gasteiger partial charge in [-0.15, -0.1) is 0 Å². The van der Waals surface area contributed by atoms with E-state index >= 15 is 0 Å². The van der Waals surface area contributed by atoms with Crippen molar-refractivity contribution in [2.45, 2.75) is 0 Å². The lowest BCUT2D eigenvalue weighted by Crippen LogP contribution is -1.96. The molecule has 0 aliphatic carbocycles. The molecule has 0 fully saturated rings. The van der Waals surface area contributed by atoms with Crippen molar-refractivity contribution in [1.82, 2.24) is 24.9 Å². The van der Waals surface area contributed by atoms with Crippen LogP contribution >= 0.6 is 0 Å². The molecule has 0 radical (unpaired) electrons. The SMILES string of the molecule is c1ccc(-c2cc(-c3cccc(-c4cc(-c5cccc(-c6cc(-c7ccccc7)nc(-c7ccccc7)n6)c5)cc(-c5ccccn5)c4)c3)nc(-c3ccccc3)n2)cc1. The van der Waals surface area contributed by atoms with Crippen molar-refractivity contribution in [2.24, 2.45) is 0 Å². The summed E-state index contributed by atoms with van der Waals surface area (Å²) in [5, 5.41) is 0.